The summed E-state index contributed by atoms with van der Waals surface area (Å²) in [5.41, 5.74) is 3.08. The molecule has 4 aliphatic rings. The van der Waals surface area contributed by atoms with Crippen LogP contribution in [0.4, 0.5) is 0 Å². The molecule has 9 heteroatoms. The van der Waals surface area contributed by atoms with Crippen molar-refractivity contribution in [2.45, 2.75) is 48.5 Å². The minimum Gasteiger partial charge on any atom is -0.423 e. The van der Waals surface area contributed by atoms with Crippen molar-refractivity contribution in [3.05, 3.63) is 53.9 Å². The molecule has 32 heavy (non-hydrogen) atoms. The van der Waals surface area contributed by atoms with Crippen LogP contribution in [0.3, 0.4) is 0 Å². The summed E-state index contributed by atoms with van der Waals surface area (Å²) in [7, 11) is -4.50. The van der Waals surface area contributed by atoms with Crippen LogP contribution in [0.25, 0.3) is 11.0 Å². The van der Waals surface area contributed by atoms with Crippen LogP contribution in [0.5, 0.6) is 0 Å². The second kappa shape index (κ2) is 6.23. The third-order valence-electron chi connectivity index (χ3n) is 7.97. The number of aromatic nitrogens is 2. The molecule has 3 fully saturated rings. The molecule has 0 unspecified atom stereocenters. The molecule has 2 aromatic heterocycles. The Morgan fingerprint density at radius 2 is 1.97 bits per heavy atom. The predicted molar refractivity (Wildman–Crippen MR) is 120 cm³/mol. The lowest BCUT2D eigenvalue weighted by Gasteiger charge is -2.53. The third kappa shape index (κ3) is 2.59. The summed E-state index contributed by atoms with van der Waals surface area (Å²) in [6.07, 6.45) is 8.17. The van der Waals surface area contributed by atoms with Gasteiger partial charge in [-0.15, -0.1) is 0 Å². The summed E-state index contributed by atoms with van der Waals surface area (Å²) in [4.78, 5) is 7.91. The average molecular weight is 449 g/mol. The molecule has 164 valence electrons. The van der Waals surface area contributed by atoms with Gasteiger partial charge in [-0.2, -0.15) is 4.31 Å². The van der Waals surface area contributed by atoms with E-state index in [0.717, 1.165) is 28.5 Å². The Labute approximate surface area is 187 Å². The van der Waals surface area contributed by atoms with Gasteiger partial charge in [-0.1, -0.05) is 12.1 Å². The number of hydrogen-bond donors (Lipinski definition) is 2. The topological polar surface area (TPSA) is 95.5 Å². The highest BCUT2D eigenvalue weighted by atomic mass is 32.2. The Morgan fingerprint density at radius 1 is 1.19 bits per heavy atom. The lowest BCUT2D eigenvalue weighted by Crippen LogP contribution is -2.52. The van der Waals surface area contributed by atoms with E-state index in [1.54, 1.807) is 22.6 Å². The molecule has 0 bridgehead atoms. The summed E-state index contributed by atoms with van der Waals surface area (Å²) in [5.74, 6) is 0.610. The number of pyridine rings is 1. The first-order valence-electron chi connectivity index (χ1n) is 11.3. The molecule has 2 spiro atoms. The highest BCUT2D eigenvalue weighted by molar-refractivity contribution is 7.89. The summed E-state index contributed by atoms with van der Waals surface area (Å²) in [5, 5.41) is 11.5. The Balaban J connectivity index is 1.15. The number of rotatable bonds is 3. The molecule has 0 amide bonds. The molecule has 1 aromatic carbocycles. The van der Waals surface area contributed by atoms with Crippen LogP contribution >= 0.6 is 0 Å². The number of nitrogens with zero attached hydrogens (tertiary/aromatic N) is 2. The highest BCUT2D eigenvalue weighted by Crippen LogP contribution is 2.62. The maximum Gasteiger partial charge on any atom is 0.493 e. The first-order valence-corrected chi connectivity index (χ1v) is 12.8. The van der Waals surface area contributed by atoms with Crippen LogP contribution < -0.4 is 5.46 Å². The largest absolute Gasteiger partial charge is 0.493 e. The van der Waals surface area contributed by atoms with Gasteiger partial charge in [-0.05, 0) is 72.8 Å². The third-order valence-corrected chi connectivity index (χ3v) is 9.83. The Morgan fingerprint density at radius 3 is 2.72 bits per heavy atom. The van der Waals surface area contributed by atoms with Gasteiger partial charge >= 0.3 is 7.12 Å². The van der Waals surface area contributed by atoms with Gasteiger partial charge in [-0.3, -0.25) is 0 Å². The van der Waals surface area contributed by atoms with E-state index >= 15 is 0 Å². The molecule has 7 rings (SSSR count). The van der Waals surface area contributed by atoms with Gasteiger partial charge in [0, 0.05) is 36.3 Å². The van der Waals surface area contributed by atoms with E-state index in [2.05, 4.69) is 9.97 Å². The fourth-order valence-corrected chi connectivity index (χ4v) is 7.89. The average Bonchev–Trinajstić information content (AvgIpc) is 3.21. The smallest absolute Gasteiger partial charge is 0.423 e. The number of benzene rings is 1. The monoisotopic (exact) mass is 449 g/mol. The Hall–Kier alpha value is -2.20. The predicted octanol–water partition coefficient (Wildman–Crippen LogP) is 2.23. The van der Waals surface area contributed by atoms with E-state index in [0.29, 0.717) is 36.7 Å². The van der Waals surface area contributed by atoms with Crippen LogP contribution in [-0.2, 0) is 20.3 Å². The van der Waals surface area contributed by atoms with Crippen molar-refractivity contribution in [3.8, 4) is 0 Å². The fraction of sp³-hybridized carbons (Fsp3) is 0.435. The molecule has 2 saturated carbocycles. The van der Waals surface area contributed by atoms with Gasteiger partial charge in [0.05, 0.1) is 10.5 Å². The normalized spacial score (nSPS) is 29.8. The number of nitrogens with one attached hydrogen (secondary N) is 1. The molecule has 3 aromatic rings. The van der Waals surface area contributed by atoms with Gasteiger partial charge in [-0.25, -0.2) is 13.4 Å². The standard InChI is InChI=1S/C23H24BN3O4S/c28-24-19-11-26-21-18(7-9-25-21)20(19)23(31-24)12-22(13-23)8-10-27(14-22)32(29,30)17-5-3-16(4-6-17)15-1-2-15/h3-7,9,11,15,28H,1-2,8,10,12-14H2,(H,25,26). The first-order chi connectivity index (χ1) is 15.4. The molecule has 2 aliphatic heterocycles. The molecular weight excluding hydrogens is 425 g/mol. The molecular formula is C23H24BN3O4S. The lowest BCUT2D eigenvalue weighted by atomic mass is 9.56. The van der Waals surface area contributed by atoms with Gasteiger partial charge in [0.2, 0.25) is 10.0 Å². The first kappa shape index (κ1) is 19.3. The summed E-state index contributed by atoms with van der Waals surface area (Å²) in [6.45, 7) is 1.02. The van der Waals surface area contributed by atoms with Crippen LogP contribution in [0.15, 0.2) is 47.6 Å². The lowest BCUT2D eigenvalue weighted by molar-refractivity contribution is -0.108. The second-order valence-electron chi connectivity index (χ2n) is 10.1. The maximum atomic E-state index is 13.3. The van der Waals surface area contributed by atoms with Gasteiger partial charge in [0.15, 0.2) is 0 Å². The molecule has 0 atom stereocenters. The SMILES string of the molecule is O=S(=O)(c1ccc(C2CC2)cc1)N1CCC2(C1)CC1(C2)OB(O)c2cnc3[nH]ccc3c21. The minimum atomic E-state index is -3.51. The van der Waals surface area contributed by atoms with Crippen molar-refractivity contribution >= 4 is 33.6 Å². The van der Waals surface area contributed by atoms with Crippen molar-refractivity contribution < 1.29 is 18.1 Å². The zero-order chi connectivity index (χ0) is 21.7. The van der Waals surface area contributed by atoms with E-state index in [9.17, 15) is 13.4 Å². The quantitative estimate of drug-likeness (QED) is 0.598. The van der Waals surface area contributed by atoms with E-state index in [1.165, 1.54) is 18.4 Å². The van der Waals surface area contributed by atoms with Gasteiger partial charge in [0.25, 0.3) is 0 Å². The molecule has 1 saturated heterocycles. The van der Waals surface area contributed by atoms with E-state index < -0.39 is 22.7 Å². The molecule has 2 aliphatic carbocycles. The minimum absolute atomic E-state index is 0.117. The number of fused-ring (bicyclic) bond motifs is 4. The molecule has 7 nitrogen and oxygen atoms in total. The van der Waals surface area contributed by atoms with Crippen molar-refractivity contribution in [1.82, 2.24) is 14.3 Å². The van der Waals surface area contributed by atoms with Crippen molar-refractivity contribution in [2.75, 3.05) is 13.1 Å². The fourth-order valence-electron chi connectivity index (χ4n) is 6.34. The Bertz CT molecular complexity index is 1340. The van der Waals surface area contributed by atoms with Crippen molar-refractivity contribution in [2.24, 2.45) is 5.41 Å². The summed E-state index contributed by atoms with van der Waals surface area (Å²) in [6, 6.07) is 9.44. The summed E-state index contributed by atoms with van der Waals surface area (Å²) >= 11 is 0. The second-order valence-corrected chi connectivity index (χ2v) is 12.0. The Kier molecular flexibility index (Phi) is 3.75. The van der Waals surface area contributed by atoms with Crippen LogP contribution in [-0.4, -0.2) is 47.9 Å². The molecule has 0 radical (unpaired) electrons. The molecule has 4 heterocycles. The van der Waals surface area contributed by atoms with Crippen LogP contribution in [0.1, 0.15) is 49.1 Å². The van der Waals surface area contributed by atoms with Crippen LogP contribution in [0, 0.1) is 5.41 Å². The maximum absolute atomic E-state index is 13.3. The van der Waals surface area contributed by atoms with Crippen LogP contribution in [0.2, 0.25) is 0 Å². The van der Waals surface area contributed by atoms with E-state index in [-0.39, 0.29) is 5.41 Å². The van der Waals surface area contributed by atoms with Gasteiger partial charge < -0.3 is 14.7 Å². The number of sulfonamides is 1. The van der Waals surface area contributed by atoms with Gasteiger partial charge in [0.1, 0.15) is 5.65 Å². The van der Waals surface area contributed by atoms with Crippen molar-refractivity contribution in [1.29, 1.82) is 0 Å². The zero-order valence-corrected chi connectivity index (χ0v) is 18.4. The van der Waals surface area contributed by atoms with E-state index in [4.69, 9.17) is 4.65 Å². The molecule has 2 N–H and O–H groups in total. The summed E-state index contributed by atoms with van der Waals surface area (Å²) < 4.78 is 34.3. The van der Waals surface area contributed by atoms with Crippen molar-refractivity contribution in [3.63, 3.8) is 0 Å². The highest BCUT2D eigenvalue weighted by Gasteiger charge is 2.64. The number of aromatic amines is 1. The number of H-pyrrole nitrogens is 1. The zero-order valence-electron chi connectivity index (χ0n) is 17.6. The van der Waals surface area contributed by atoms with E-state index in [1.807, 2.05) is 24.4 Å². The number of hydrogen-bond acceptors (Lipinski definition) is 5.